The fraction of sp³-hybridized carbons (Fsp3) is 0.778. The molecule has 0 aromatic heterocycles. The first-order chi connectivity index (χ1) is 5.10. The van der Waals surface area contributed by atoms with Crippen molar-refractivity contribution in [2.24, 2.45) is 0 Å². The molecule has 2 fully saturated rings. The summed E-state index contributed by atoms with van der Waals surface area (Å²) < 4.78 is 12.9. The van der Waals surface area contributed by atoms with Gasteiger partial charge in [-0.15, -0.1) is 0 Å². The highest BCUT2D eigenvalue weighted by atomic mass is 19.1. The minimum absolute atomic E-state index is 0.108. The van der Waals surface area contributed by atoms with Crippen LogP contribution in [0, 0.1) is 0 Å². The molecule has 2 atom stereocenters. The predicted octanol–water partition coefficient (Wildman–Crippen LogP) is 1.75. The Morgan fingerprint density at radius 1 is 1.73 bits per heavy atom. The standard InChI is InChI=1S/C9H14FN/c1-7-3-9(2)4-8(10)6-11(9)5-7/h8H,1,3-6H2,2H3/t8-,9-/m0/s1. The second-order valence-electron chi connectivity index (χ2n) is 4.11. The average Bonchev–Trinajstić information content (AvgIpc) is 2.16. The molecule has 0 aromatic carbocycles. The van der Waals surface area contributed by atoms with E-state index in [9.17, 15) is 4.39 Å². The second-order valence-corrected chi connectivity index (χ2v) is 4.11. The molecule has 0 unspecified atom stereocenters. The van der Waals surface area contributed by atoms with Crippen molar-refractivity contribution in [3.8, 4) is 0 Å². The van der Waals surface area contributed by atoms with E-state index in [1.165, 1.54) is 5.57 Å². The monoisotopic (exact) mass is 155 g/mol. The lowest BCUT2D eigenvalue weighted by Gasteiger charge is -2.25. The maximum atomic E-state index is 12.9. The van der Waals surface area contributed by atoms with E-state index in [4.69, 9.17) is 0 Å². The lowest BCUT2D eigenvalue weighted by molar-refractivity contribution is 0.217. The van der Waals surface area contributed by atoms with Crippen molar-refractivity contribution in [3.05, 3.63) is 12.2 Å². The summed E-state index contributed by atoms with van der Waals surface area (Å²) >= 11 is 0. The summed E-state index contributed by atoms with van der Waals surface area (Å²) in [6, 6.07) is 0. The highest BCUT2D eigenvalue weighted by Crippen LogP contribution is 2.41. The normalized spacial score (nSPS) is 44.9. The van der Waals surface area contributed by atoms with Crippen molar-refractivity contribution in [1.82, 2.24) is 4.90 Å². The van der Waals surface area contributed by atoms with Crippen LogP contribution in [-0.4, -0.2) is 29.7 Å². The second kappa shape index (κ2) is 2.07. The molecule has 2 saturated heterocycles. The molecule has 2 heteroatoms. The molecule has 0 spiro atoms. The molecule has 0 saturated carbocycles. The van der Waals surface area contributed by atoms with Gasteiger partial charge in [0, 0.05) is 18.6 Å². The van der Waals surface area contributed by atoms with Crippen LogP contribution in [-0.2, 0) is 0 Å². The van der Waals surface area contributed by atoms with Crippen LogP contribution >= 0.6 is 0 Å². The number of rotatable bonds is 0. The third kappa shape index (κ3) is 1.00. The summed E-state index contributed by atoms with van der Waals surface area (Å²) in [4.78, 5) is 2.22. The van der Waals surface area contributed by atoms with Gasteiger partial charge in [-0.3, -0.25) is 4.90 Å². The summed E-state index contributed by atoms with van der Waals surface area (Å²) in [7, 11) is 0. The number of halogens is 1. The Bertz CT molecular complexity index is 202. The SMILES string of the molecule is C=C1CN2C[C@@H](F)C[C@]2(C)C1. The van der Waals surface area contributed by atoms with Gasteiger partial charge >= 0.3 is 0 Å². The van der Waals surface area contributed by atoms with Gasteiger partial charge in [0.1, 0.15) is 6.17 Å². The smallest absolute Gasteiger partial charge is 0.115 e. The van der Waals surface area contributed by atoms with E-state index >= 15 is 0 Å². The summed E-state index contributed by atoms with van der Waals surface area (Å²) in [6.07, 6.45) is 1.09. The Balaban J connectivity index is 2.19. The van der Waals surface area contributed by atoms with Gasteiger partial charge in [0.25, 0.3) is 0 Å². The van der Waals surface area contributed by atoms with Gasteiger partial charge in [-0.05, 0) is 19.8 Å². The minimum atomic E-state index is -0.604. The fourth-order valence-electron chi connectivity index (χ4n) is 2.43. The number of fused-ring (bicyclic) bond motifs is 1. The number of hydrogen-bond acceptors (Lipinski definition) is 1. The van der Waals surface area contributed by atoms with Crippen molar-refractivity contribution in [3.63, 3.8) is 0 Å². The first-order valence-corrected chi connectivity index (χ1v) is 4.16. The fourth-order valence-corrected chi connectivity index (χ4v) is 2.43. The summed E-state index contributed by atoms with van der Waals surface area (Å²) in [5, 5.41) is 0. The highest BCUT2D eigenvalue weighted by Gasteiger charge is 2.46. The quantitative estimate of drug-likeness (QED) is 0.482. The summed E-state index contributed by atoms with van der Waals surface area (Å²) in [5.74, 6) is 0. The van der Waals surface area contributed by atoms with Crippen LogP contribution in [0.2, 0.25) is 0 Å². The molecule has 1 nitrogen and oxygen atoms in total. The summed E-state index contributed by atoms with van der Waals surface area (Å²) in [6.45, 7) is 7.62. The van der Waals surface area contributed by atoms with Gasteiger partial charge in [0.15, 0.2) is 0 Å². The van der Waals surface area contributed by atoms with E-state index in [-0.39, 0.29) is 5.54 Å². The van der Waals surface area contributed by atoms with Gasteiger partial charge in [0.2, 0.25) is 0 Å². The third-order valence-electron chi connectivity index (χ3n) is 2.89. The zero-order valence-electron chi connectivity index (χ0n) is 6.94. The van der Waals surface area contributed by atoms with Gasteiger partial charge in [-0.2, -0.15) is 0 Å². The van der Waals surface area contributed by atoms with E-state index in [2.05, 4.69) is 18.4 Å². The first kappa shape index (κ1) is 7.29. The minimum Gasteiger partial charge on any atom is -0.291 e. The van der Waals surface area contributed by atoms with Crippen LogP contribution in [0.25, 0.3) is 0 Å². The lowest BCUT2D eigenvalue weighted by atomic mass is 9.95. The summed E-state index contributed by atoms with van der Waals surface area (Å²) in [5.41, 5.74) is 1.37. The Kier molecular flexibility index (Phi) is 1.37. The molecule has 0 N–H and O–H groups in total. The number of alkyl halides is 1. The zero-order valence-corrected chi connectivity index (χ0v) is 6.94. The molecule has 0 bridgehead atoms. The molecule has 0 aliphatic carbocycles. The maximum Gasteiger partial charge on any atom is 0.115 e. The van der Waals surface area contributed by atoms with Crippen molar-refractivity contribution in [1.29, 1.82) is 0 Å². The molecule has 2 heterocycles. The Morgan fingerprint density at radius 3 is 3.09 bits per heavy atom. The van der Waals surface area contributed by atoms with Crippen LogP contribution in [0.5, 0.6) is 0 Å². The van der Waals surface area contributed by atoms with Gasteiger partial charge < -0.3 is 0 Å². The van der Waals surface area contributed by atoms with E-state index in [1.807, 2.05) is 0 Å². The Morgan fingerprint density at radius 2 is 2.45 bits per heavy atom. The van der Waals surface area contributed by atoms with Gasteiger partial charge in [-0.1, -0.05) is 12.2 Å². The van der Waals surface area contributed by atoms with E-state index in [0.717, 1.165) is 13.0 Å². The van der Waals surface area contributed by atoms with E-state index < -0.39 is 6.17 Å². The van der Waals surface area contributed by atoms with Crippen molar-refractivity contribution < 1.29 is 4.39 Å². The molecule has 2 rings (SSSR count). The number of hydrogen-bond donors (Lipinski definition) is 0. The van der Waals surface area contributed by atoms with Crippen molar-refractivity contribution >= 4 is 0 Å². The van der Waals surface area contributed by atoms with Crippen molar-refractivity contribution in [2.45, 2.75) is 31.5 Å². The molecule has 0 amide bonds. The van der Waals surface area contributed by atoms with Crippen LogP contribution < -0.4 is 0 Å². The third-order valence-corrected chi connectivity index (χ3v) is 2.89. The molecule has 11 heavy (non-hydrogen) atoms. The number of nitrogens with zero attached hydrogens (tertiary/aromatic N) is 1. The molecule has 2 aliphatic heterocycles. The zero-order chi connectivity index (χ0) is 8.06. The predicted molar refractivity (Wildman–Crippen MR) is 43.2 cm³/mol. The van der Waals surface area contributed by atoms with Gasteiger partial charge in [0.05, 0.1) is 0 Å². The van der Waals surface area contributed by atoms with Crippen LogP contribution in [0.15, 0.2) is 12.2 Å². The maximum absolute atomic E-state index is 12.9. The van der Waals surface area contributed by atoms with Crippen LogP contribution in [0.4, 0.5) is 4.39 Å². The van der Waals surface area contributed by atoms with Crippen LogP contribution in [0.1, 0.15) is 19.8 Å². The Labute approximate surface area is 66.9 Å². The molecule has 62 valence electrons. The molecular formula is C9H14FN. The molecular weight excluding hydrogens is 141 g/mol. The molecule has 0 aromatic rings. The van der Waals surface area contributed by atoms with Gasteiger partial charge in [-0.25, -0.2) is 4.39 Å². The van der Waals surface area contributed by atoms with Crippen molar-refractivity contribution in [2.75, 3.05) is 13.1 Å². The van der Waals surface area contributed by atoms with Crippen LogP contribution in [0.3, 0.4) is 0 Å². The lowest BCUT2D eigenvalue weighted by Crippen LogP contribution is -2.34. The topological polar surface area (TPSA) is 3.24 Å². The highest BCUT2D eigenvalue weighted by molar-refractivity contribution is 5.17. The van der Waals surface area contributed by atoms with E-state index in [1.54, 1.807) is 0 Å². The first-order valence-electron chi connectivity index (χ1n) is 4.16. The molecule has 0 radical (unpaired) electrons. The molecule has 2 aliphatic rings. The average molecular weight is 155 g/mol. The largest absolute Gasteiger partial charge is 0.291 e. The Hall–Kier alpha value is -0.370. The van der Waals surface area contributed by atoms with E-state index in [0.29, 0.717) is 13.0 Å².